The first-order chi connectivity index (χ1) is 7.71. The van der Waals surface area contributed by atoms with E-state index in [1.165, 1.54) is 6.92 Å². The van der Waals surface area contributed by atoms with Gasteiger partial charge in [0, 0.05) is 12.6 Å². The number of carbonyl (C=O) groups excluding carboxylic acids is 1. The number of furan rings is 1. The third-order valence-corrected chi connectivity index (χ3v) is 3.09. The molecule has 1 amide bonds. The first-order valence-corrected chi connectivity index (χ1v) is 6.68. The smallest absolute Gasteiger partial charge is 0.287 e. The van der Waals surface area contributed by atoms with E-state index in [0.717, 1.165) is 6.07 Å². The highest BCUT2D eigenvalue weighted by atomic mass is 32.2. The minimum absolute atomic E-state index is 0.0489. The van der Waals surface area contributed by atoms with Gasteiger partial charge in [-0.25, -0.2) is 13.6 Å². The van der Waals surface area contributed by atoms with Crippen molar-refractivity contribution in [3.63, 3.8) is 0 Å². The van der Waals surface area contributed by atoms with E-state index in [2.05, 4.69) is 5.32 Å². The number of nitrogens with one attached hydrogen (secondary N) is 1. The normalized spacial score (nSPS) is 11.8. The third-order valence-electron chi connectivity index (χ3n) is 2.07. The zero-order valence-electron chi connectivity index (χ0n) is 9.98. The van der Waals surface area contributed by atoms with Crippen LogP contribution in [0.5, 0.6) is 0 Å². The van der Waals surface area contributed by atoms with Crippen LogP contribution in [0, 0.1) is 12.8 Å². The number of aryl methyl sites for hydroxylation is 1. The molecule has 0 aliphatic rings. The Bertz CT molecular complexity index is 516. The van der Waals surface area contributed by atoms with E-state index in [0.29, 0.717) is 12.5 Å². The standard InChI is InChI=1S/C10H16N2O4S/c1-6(2)5-12-10(13)8-4-9(7(3)16-8)17(11,14)15/h4,6H,5H2,1-3H3,(H,12,13)(H2,11,14,15). The van der Waals surface area contributed by atoms with Crippen LogP contribution in [0.4, 0.5) is 0 Å². The quantitative estimate of drug-likeness (QED) is 0.828. The number of hydrogen-bond acceptors (Lipinski definition) is 4. The molecule has 0 fully saturated rings. The number of hydrogen-bond donors (Lipinski definition) is 2. The van der Waals surface area contributed by atoms with Crippen LogP contribution in [-0.4, -0.2) is 20.9 Å². The van der Waals surface area contributed by atoms with Gasteiger partial charge in [0.05, 0.1) is 0 Å². The van der Waals surface area contributed by atoms with Gasteiger partial charge in [0.25, 0.3) is 5.91 Å². The Morgan fingerprint density at radius 3 is 2.53 bits per heavy atom. The molecule has 3 N–H and O–H groups in total. The molecule has 96 valence electrons. The van der Waals surface area contributed by atoms with Gasteiger partial charge in [-0.15, -0.1) is 0 Å². The molecule has 0 aliphatic heterocycles. The van der Waals surface area contributed by atoms with Crippen LogP contribution in [0.2, 0.25) is 0 Å². The van der Waals surface area contributed by atoms with Gasteiger partial charge in [-0.05, 0) is 12.8 Å². The van der Waals surface area contributed by atoms with E-state index >= 15 is 0 Å². The van der Waals surface area contributed by atoms with Crippen LogP contribution in [-0.2, 0) is 10.0 Å². The molecule has 0 unspecified atom stereocenters. The molecule has 17 heavy (non-hydrogen) atoms. The van der Waals surface area contributed by atoms with Crippen molar-refractivity contribution in [3.05, 3.63) is 17.6 Å². The average molecular weight is 260 g/mol. The number of amides is 1. The second kappa shape index (κ2) is 4.89. The first-order valence-electron chi connectivity index (χ1n) is 5.13. The van der Waals surface area contributed by atoms with Gasteiger partial charge >= 0.3 is 0 Å². The Kier molecular flexibility index (Phi) is 3.94. The highest BCUT2D eigenvalue weighted by molar-refractivity contribution is 7.89. The molecule has 1 aromatic rings. The lowest BCUT2D eigenvalue weighted by atomic mass is 10.2. The third kappa shape index (κ3) is 3.57. The predicted molar refractivity (Wildman–Crippen MR) is 62.0 cm³/mol. The van der Waals surface area contributed by atoms with Crippen LogP contribution in [0.15, 0.2) is 15.4 Å². The van der Waals surface area contributed by atoms with E-state index in [-0.39, 0.29) is 16.4 Å². The number of nitrogens with two attached hydrogens (primary N) is 1. The van der Waals surface area contributed by atoms with Crippen molar-refractivity contribution in [3.8, 4) is 0 Å². The molecule has 1 aromatic heterocycles. The van der Waals surface area contributed by atoms with Gasteiger partial charge in [-0.3, -0.25) is 4.79 Å². The summed E-state index contributed by atoms with van der Waals surface area (Å²) in [6, 6.07) is 1.14. The van der Waals surface area contributed by atoms with Crippen LogP contribution in [0.25, 0.3) is 0 Å². The number of rotatable bonds is 4. The van der Waals surface area contributed by atoms with E-state index in [9.17, 15) is 13.2 Å². The second-order valence-corrected chi connectivity index (χ2v) is 5.71. The highest BCUT2D eigenvalue weighted by Gasteiger charge is 2.20. The van der Waals surface area contributed by atoms with Crippen molar-refractivity contribution < 1.29 is 17.6 Å². The van der Waals surface area contributed by atoms with Crippen LogP contribution in [0.1, 0.15) is 30.2 Å². The molecule has 0 aliphatic carbocycles. The highest BCUT2D eigenvalue weighted by Crippen LogP contribution is 2.18. The Balaban J connectivity index is 2.91. The SMILES string of the molecule is Cc1oc(C(=O)NCC(C)C)cc1S(N)(=O)=O. The molecule has 1 heterocycles. The van der Waals surface area contributed by atoms with E-state index < -0.39 is 15.9 Å². The fourth-order valence-corrected chi connectivity index (χ4v) is 1.96. The lowest BCUT2D eigenvalue weighted by Crippen LogP contribution is -2.26. The van der Waals surface area contributed by atoms with Crippen molar-refractivity contribution >= 4 is 15.9 Å². The molecule has 0 spiro atoms. The summed E-state index contributed by atoms with van der Waals surface area (Å²) in [7, 11) is -3.85. The van der Waals surface area contributed by atoms with Crippen LogP contribution in [0.3, 0.4) is 0 Å². The van der Waals surface area contributed by atoms with Gasteiger partial charge in [-0.1, -0.05) is 13.8 Å². The molecular formula is C10H16N2O4S. The summed E-state index contributed by atoms with van der Waals surface area (Å²) in [6.07, 6.45) is 0. The molecule has 0 atom stereocenters. The van der Waals surface area contributed by atoms with E-state index in [4.69, 9.17) is 9.56 Å². The second-order valence-electron chi connectivity index (χ2n) is 4.18. The minimum atomic E-state index is -3.85. The summed E-state index contributed by atoms with van der Waals surface area (Å²) < 4.78 is 27.3. The molecular weight excluding hydrogens is 244 g/mol. The minimum Gasteiger partial charge on any atom is -0.455 e. The Hall–Kier alpha value is -1.34. The number of carbonyl (C=O) groups is 1. The van der Waals surface area contributed by atoms with Gasteiger partial charge in [0.15, 0.2) is 5.76 Å². The molecule has 0 saturated heterocycles. The Morgan fingerprint density at radius 2 is 2.12 bits per heavy atom. The summed E-state index contributed by atoms with van der Waals surface area (Å²) in [5.41, 5.74) is 0. The maximum Gasteiger partial charge on any atom is 0.287 e. The van der Waals surface area contributed by atoms with Crippen molar-refractivity contribution in [2.75, 3.05) is 6.54 Å². The van der Waals surface area contributed by atoms with Crippen LogP contribution >= 0.6 is 0 Å². The predicted octanol–water partition coefficient (Wildman–Crippen LogP) is 0.621. The van der Waals surface area contributed by atoms with Crippen LogP contribution < -0.4 is 10.5 Å². The molecule has 0 radical (unpaired) electrons. The monoisotopic (exact) mass is 260 g/mol. The summed E-state index contributed by atoms with van der Waals surface area (Å²) in [5.74, 6) is -0.0845. The topological polar surface area (TPSA) is 102 Å². The van der Waals surface area contributed by atoms with Gasteiger partial charge in [0.2, 0.25) is 10.0 Å². The van der Waals surface area contributed by atoms with Crippen molar-refractivity contribution in [1.82, 2.24) is 5.32 Å². The summed E-state index contributed by atoms with van der Waals surface area (Å²) in [5, 5.41) is 7.60. The fraction of sp³-hybridized carbons (Fsp3) is 0.500. The van der Waals surface area contributed by atoms with E-state index in [1.807, 2.05) is 13.8 Å². The summed E-state index contributed by atoms with van der Waals surface area (Å²) in [4.78, 5) is 11.4. The van der Waals surface area contributed by atoms with Gasteiger partial charge < -0.3 is 9.73 Å². The number of sulfonamides is 1. The maximum atomic E-state index is 11.6. The zero-order valence-corrected chi connectivity index (χ0v) is 10.8. The van der Waals surface area contributed by atoms with Crippen molar-refractivity contribution in [2.24, 2.45) is 11.1 Å². The molecule has 6 nitrogen and oxygen atoms in total. The summed E-state index contributed by atoms with van der Waals surface area (Å²) >= 11 is 0. The van der Waals surface area contributed by atoms with Crippen molar-refractivity contribution in [2.45, 2.75) is 25.7 Å². The molecule has 0 bridgehead atoms. The summed E-state index contributed by atoms with van der Waals surface area (Å²) in [6.45, 7) is 5.83. The Morgan fingerprint density at radius 1 is 1.53 bits per heavy atom. The molecule has 0 aromatic carbocycles. The lowest BCUT2D eigenvalue weighted by molar-refractivity contribution is 0.0920. The zero-order chi connectivity index (χ0) is 13.2. The van der Waals surface area contributed by atoms with Gasteiger partial charge in [0.1, 0.15) is 10.7 Å². The average Bonchev–Trinajstić information content (AvgIpc) is 2.56. The first kappa shape index (κ1) is 13.7. The maximum absolute atomic E-state index is 11.6. The number of primary sulfonamides is 1. The molecule has 7 heteroatoms. The lowest BCUT2D eigenvalue weighted by Gasteiger charge is -2.04. The van der Waals surface area contributed by atoms with E-state index in [1.54, 1.807) is 0 Å². The fourth-order valence-electron chi connectivity index (χ4n) is 1.24. The van der Waals surface area contributed by atoms with Gasteiger partial charge in [-0.2, -0.15) is 0 Å². The van der Waals surface area contributed by atoms with Crippen molar-refractivity contribution in [1.29, 1.82) is 0 Å². The molecule has 0 saturated carbocycles. The Labute approximate surface area is 100 Å². The molecule has 1 rings (SSSR count). The largest absolute Gasteiger partial charge is 0.455 e.